The van der Waals surface area contributed by atoms with Gasteiger partial charge in [0.2, 0.25) is 0 Å². The van der Waals surface area contributed by atoms with E-state index in [1.807, 2.05) is 0 Å². The van der Waals surface area contributed by atoms with Crippen LogP contribution in [0.3, 0.4) is 0 Å². The van der Waals surface area contributed by atoms with Gasteiger partial charge < -0.3 is 15.6 Å². The van der Waals surface area contributed by atoms with Gasteiger partial charge >= 0.3 is 51.4 Å². The van der Waals surface area contributed by atoms with Crippen LogP contribution in [-0.4, -0.2) is 90.0 Å². The number of nitrogens with one attached hydrogen (secondary N) is 8. The Morgan fingerprint density at radius 3 is 0.680 bits per heavy atom. The molecule has 4 saturated carbocycles. The molecule has 5 aliphatic heterocycles. The summed E-state index contributed by atoms with van der Waals surface area (Å²) in [6.45, 7) is 2.62. The molecule has 8 unspecified atom stereocenters. The predicted molar refractivity (Wildman–Crippen MR) is 193 cm³/mol. The minimum Gasteiger partial charge on any atom is -1.00 e. The van der Waals surface area contributed by atoms with Crippen molar-refractivity contribution in [1.82, 2.24) is 42.5 Å². The monoisotopic (exact) mass is 727 g/mol. The van der Waals surface area contributed by atoms with E-state index in [0.717, 1.165) is 47.3 Å². The van der Waals surface area contributed by atoms with Gasteiger partial charge in [0, 0.05) is 14.2 Å². The Labute approximate surface area is 346 Å². The van der Waals surface area contributed by atoms with Crippen molar-refractivity contribution in [3.8, 4) is 0 Å². The maximum atomic E-state index is 5.06. The van der Waals surface area contributed by atoms with Crippen molar-refractivity contribution in [1.29, 1.82) is 0 Å². The molecule has 8 bridgehead atoms. The molecule has 8 N–H and O–H groups in total. The third-order valence-electron chi connectivity index (χ3n) is 14.7. The number of fused-ring (bicyclic) bond motifs is 20. The molecule has 9 rings (SSSR count). The third kappa shape index (κ3) is 8.61. The quantitative estimate of drug-likeness (QED) is 0.140. The van der Waals surface area contributed by atoms with Crippen LogP contribution >= 0.6 is 0 Å². The van der Waals surface area contributed by atoms with Gasteiger partial charge in [-0.05, 0) is 98.7 Å². The smallest absolute Gasteiger partial charge is 1.00 e. The second-order valence-corrected chi connectivity index (χ2v) is 17.2. The number of methoxy groups -OCH3 is 2. The van der Waals surface area contributed by atoms with Crippen molar-refractivity contribution < 1.29 is 67.0 Å². The predicted octanol–water partition coefficient (Wildman–Crippen LogP) is 0.0179. The van der Waals surface area contributed by atoms with E-state index in [1.54, 1.807) is 14.2 Å². The molecule has 8 atom stereocenters. The topological polar surface area (TPSA) is 124 Å². The molecule has 0 radical (unpaired) electrons. The first-order valence-corrected chi connectivity index (χ1v) is 20.9. The Morgan fingerprint density at radius 1 is 0.340 bits per heavy atom. The second kappa shape index (κ2) is 18.9. The van der Waals surface area contributed by atoms with E-state index in [1.165, 1.54) is 103 Å². The third-order valence-corrected chi connectivity index (χ3v) is 14.7. The molecule has 50 heavy (non-hydrogen) atoms. The summed E-state index contributed by atoms with van der Waals surface area (Å²) in [4.78, 5) is 0. The average molecular weight is 727 g/mol. The van der Waals surface area contributed by atoms with E-state index >= 15 is 0 Å². The normalized spacial score (nSPS) is 47.9. The van der Waals surface area contributed by atoms with Gasteiger partial charge in [0.15, 0.2) is 0 Å². The SMILES string of the molecule is C1CCC2C3NC(NC4NC(NC5NC(NC6NC(N3)C3CCCCC63)C3CCCCC53)C3CCCCC43)C2C1.COCCOCCOC.[H-].[K+]. The summed E-state index contributed by atoms with van der Waals surface area (Å²) in [6, 6.07) is 0. The van der Waals surface area contributed by atoms with Crippen molar-refractivity contribution in [2.45, 2.75) is 152 Å². The van der Waals surface area contributed by atoms with Crippen molar-refractivity contribution in [2.75, 3.05) is 40.6 Å². The van der Waals surface area contributed by atoms with Gasteiger partial charge in [0.25, 0.3) is 0 Å². The summed E-state index contributed by atoms with van der Waals surface area (Å²) in [6.07, 6.45) is 25.6. The van der Waals surface area contributed by atoms with Gasteiger partial charge in [0.1, 0.15) is 0 Å². The summed E-state index contributed by atoms with van der Waals surface area (Å²) < 4.78 is 14.6. The van der Waals surface area contributed by atoms with E-state index in [0.29, 0.717) is 75.8 Å². The van der Waals surface area contributed by atoms with Crippen LogP contribution in [-0.2, 0) is 14.2 Å². The first-order chi connectivity index (χ1) is 24.2. The molecule has 12 heteroatoms. The molecule has 0 amide bonds. The Morgan fingerprint density at radius 2 is 0.520 bits per heavy atom. The van der Waals surface area contributed by atoms with Crippen LogP contribution in [0.5, 0.6) is 0 Å². The van der Waals surface area contributed by atoms with Crippen LogP contribution in [0.2, 0.25) is 0 Å². The van der Waals surface area contributed by atoms with Crippen LogP contribution < -0.4 is 93.9 Å². The molecule has 9 fully saturated rings. The molecule has 5 heterocycles. The first kappa shape index (κ1) is 39.4. The number of ether oxygens (including phenoxy) is 3. The zero-order chi connectivity index (χ0) is 33.2. The Kier molecular flexibility index (Phi) is 14.9. The Bertz CT molecular complexity index is 843. The van der Waals surface area contributed by atoms with Gasteiger partial charge in [-0.1, -0.05) is 51.4 Å². The Hall–Kier alpha value is 1.20. The maximum Gasteiger partial charge on any atom is 1.00 e. The van der Waals surface area contributed by atoms with E-state index in [-0.39, 0.29) is 52.8 Å². The molecule has 282 valence electrons. The van der Waals surface area contributed by atoms with Crippen molar-refractivity contribution in [3.05, 3.63) is 0 Å². The first-order valence-electron chi connectivity index (χ1n) is 20.9. The molecule has 5 saturated heterocycles. The fraction of sp³-hybridized carbons (Fsp3) is 1.00. The number of hydrogen-bond acceptors (Lipinski definition) is 11. The number of hydrogen-bond donors (Lipinski definition) is 8. The van der Waals surface area contributed by atoms with Crippen LogP contribution in [0.4, 0.5) is 0 Å². The fourth-order valence-electron chi connectivity index (χ4n) is 12.4. The fourth-order valence-corrected chi connectivity index (χ4v) is 12.4. The molecule has 0 spiro atoms. The molecule has 4 aliphatic carbocycles. The second-order valence-electron chi connectivity index (χ2n) is 17.2. The van der Waals surface area contributed by atoms with Gasteiger partial charge in [-0.25, -0.2) is 0 Å². The zero-order valence-corrected chi connectivity index (χ0v) is 34.7. The summed E-state index contributed by atoms with van der Waals surface area (Å²) in [7, 11) is 3.30. The summed E-state index contributed by atoms with van der Waals surface area (Å²) in [5.74, 6) is 5.97. The van der Waals surface area contributed by atoms with Crippen LogP contribution in [0.15, 0.2) is 0 Å². The minimum atomic E-state index is 0. The van der Waals surface area contributed by atoms with Crippen molar-refractivity contribution in [3.63, 3.8) is 0 Å². The summed E-state index contributed by atoms with van der Waals surface area (Å²) in [5.41, 5.74) is 0. The molecular formula is C38H71KN8O3. The van der Waals surface area contributed by atoms with Gasteiger partial charge in [-0.2, -0.15) is 0 Å². The van der Waals surface area contributed by atoms with Crippen LogP contribution in [0, 0.1) is 47.3 Å². The van der Waals surface area contributed by atoms with Gasteiger partial charge in [-0.3, -0.25) is 42.5 Å². The molecule has 0 aromatic heterocycles. The Balaban J connectivity index is 0.000000364. The van der Waals surface area contributed by atoms with E-state index in [4.69, 9.17) is 14.2 Å². The zero-order valence-electron chi connectivity index (χ0n) is 32.6. The average Bonchev–Trinajstić information content (AvgIpc) is 3.88. The van der Waals surface area contributed by atoms with Crippen LogP contribution in [0.1, 0.15) is 104 Å². The molecule has 0 aromatic rings. The summed E-state index contributed by atoms with van der Waals surface area (Å²) >= 11 is 0. The molecule has 9 aliphatic rings. The minimum absolute atomic E-state index is 0. The molecule has 11 nitrogen and oxygen atoms in total. The van der Waals surface area contributed by atoms with Gasteiger partial charge in [0.05, 0.1) is 75.8 Å². The van der Waals surface area contributed by atoms with Crippen molar-refractivity contribution >= 4 is 0 Å². The maximum absolute atomic E-state index is 5.06. The van der Waals surface area contributed by atoms with Crippen LogP contribution in [0.25, 0.3) is 0 Å². The largest absolute Gasteiger partial charge is 1.00 e. The van der Waals surface area contributed by atoms with E-state index in [2.05, 4.69) is 42.5 Å². The molecular weight excluding hydrogens is 656 g/mol. The van der Waals surface area contributed by atoms with Gasteiger partial charge in [-0.15, -0.1) is 0 Å². The summed E-state index contributed by atoms with van der Waals surface area (Å²) in [5, 5.41) is 33.8. The number of rotatable bonds is 6. The van der Waals surface area contributed by atoms with Crippen molar-refractivity contribution in [2.24, 2.45) is 47.3 Å². The standard InChI is InChI=1S/C32H56N8.C6H14O3.K.H/c1-2-10-18-17(9-1)25-33-26(18)38-28-21-13-5-6-14-22(21)30(35-28)40-32-24-16-8-7-15-23(24)31(36-32)39-29-20-12-4-3-11-19(20)27(34-29)37-25;1-7-3-5-9-6-4-8-2;;/h17-40H,1-16H2;3-6H2,1-2H3;;/q;;+1;-1. The van der Waals surface area contributed by atoms with E-state index in [9.17, 15) is 0 Å². The molecule has 0 aromatic carbocycles. The van der Waals surface area contributed by atoms with E-state index < -0.39 is 0 Å².